The summed E-state index contributed by atoms with van der Waals surface area (Å²) in [6, 6.07) is 9.69. The third-order valence-corrected chi connectivity index (χ3v) is 3.12. The van der Waals surface area contributed by atoms with Crippen LogP contribution in [0, 0.1) is 0 Å². The largest absolute Gasteiger partial charge is 0.469 e. The first-order chi connectivity index (χ1) is 8.63. The van der Waals surface area contributed by atoms with E-state index in [1.165, 1.54) is 0 Å². The molecule has 0 radical (unpaired) electrons. The molecule has 0 aliphatic heterocycles. The highest BCUT2D eigenvalue weighted by atomic mass is 35.5. The van der Waals surface area contributed by atoms with E-state index in [2.05, 4.69) is 12.2 Å². The highest BCUT2D eigenvalue weighted by Gasteiger charge is 2.05. The molecule has 2 nitrogen and oxygen atoms in total. The second kappa shape index (κ2) is 6.17. The molecule has 0 aliphatic rings. The quantitative estimate of drug-likeness (QED) is 0.834. The molecule has 1 aromatic heterocycles. The minimum atomic E-state index is 0.324. The van der Waals surface area contributed by atoms with Gasteiger partial charge in [-0.05, 0) is 43.7 Å². The van der Waals surface area contributed by atoms with Crippen LogP contribution in [0.5, 0.6) is 0 Å². The fraction of sp³-hybridized carbons (Fsp3) is 0.286. The second-order valence-electron chi connectivity index (χ2n) is 4.32. The fourth-order valence-electron chi connectivity index (χ4n) is 1.81. The third kappa shape index (κ3) is 3.97. The van der Waals surface area contributed by atoms with Crippen LogP contribution in [0.1, 0.15) is 19.1 Å². The summed E-state index contributed by atoms with van der Waals surface area (Å²) in [7, 11) is 0. The highest BCUT2D eigenvalue weighted by molar-refractivity contribution is 6.35. The molecule has 1 aromatic carbocycles. The van der Waals surface area contributed by atoms with E-state index in [4.69, 9.17) is 27.6 Å². The van der Waals surface area contributed by atoms with Crippen LogP contribution in [0.3, 0.4) is 0 Å². The van der Waals surface area contributed by atoms with Crippen molar-refractivity contribution < 1.29 is 4.42 Å². The van der Waals surface area contributed by atoms with Gasteiger partial charge in [-0.3, -0.25) is 0 Å². The highest BCUT2D eigenvalue weighted by Crippen LogP contribution is 2.23. The lowest BCUT2D eigenvalue weighted by Crippen LogP contribution is -2.15. The molecule has 0 amide bonds. The molecule has 0 bridgehead atoms. The number of halogens is 2. The van der Waals surface area contributed by atoms with Crippen LogP contribution in [-0.2, 0) is 6.42 Å². The minimum Gasteiger partial charge on any atom is -0.469 e. The Morgan fingerprint density at radius 3 is 2.56 bits per heavy atom. The lowest BCUT2D eigenvalue weighted by Gasteiger charge is -2.15. The van der Waals surface area contributed by atoms with Crippen LogP contribution in [0.2, 0.25) is 10.0 Å². The zero-order valence-corrected chi connectivity index (χ0v) is 11.6. The maximum atomic E-state index is 5.95. The van der Waals surface area contributed by atoms with Gasteiger partial charge in [0.05, 0.1) is 6.26 Å². The van der Waals surface area contributed by atoms with Crippen molar-refractivity contribution in [1.29, 1.82) is 0 Å². The van der Waals surface area contributed by atoms with Crippen molar-refractivity contribution in [3.8, 4) is 0 Å². The standard InChI is InChI=1S/C14H15Cl2NO/c1-10(4-5-14-3-2-6-18-14)17-13-8-11(15)7-12(16)9-13/h2-3,6-10,17H,4-5H2,1H3. The van der Waals surface area contributed by atoms with E-state index >= 15 is 0 Å². The molecule has 0 saturated carbocycles. The van der Waals surface area contributed by atoms with Crippen molar-refractivity contribution in [3.63, 3.8) is 0 Å². The van der Waals surface area contributed by atoms with E-state index in [1.807, 2.05) is 24.3 Å². The maximum Gasteiger partial charge on any atom is 0.103 e. The zero-order chi connectivity index (χ0) is 13.0. The Balaban J connectivity index is 1.88. The Kier molecular flexibility index (Phi) is 4.56. The van der Waals surface area contributed by atoms with Gasteiger partial charge in [0.2, 0.25) is 0 Å². The molecule has 2 rings (SSSR count). The van der Waals surface area contributed by atoms with Crippen LogP contribution in [-0.4, -0.2) is 6.04 Å². The summed E-state index contributed by atoms with van der Waals surface area (Å²) in [6.45, 7) is 2.12. The molecule has 1 N–H and O–H groups in total. The summed E-state index contributed by atoms with van der Waals surface area (Å²) < 4.78 is 5.30. The van der Waals surface area contributed by atoms with Crippen LogP contribution in [0.15, 0.2) is 41.0 Å². The summed E-state index contributed by atoms with van der Waals surface area (Å²) in [4.78, 5) is 0. The summed E-state index contributed by atoms with van der Waals surface area (Å²) in [5.41, 5.74) is 0.944. The second-order valence-corrected chi connectivity index (χ2v) is 5.19. The topological polar surface area (TPSA) is 25.2 Å². The smallest absolute Gasteiger partial charge is 0.103 e. The van der Waals surface area contributed by atoms with E-state index in [-0.39, 0.29) is 0 Å². The van der Waals surface area contributed by atoms with Gasteiger partial charge in [-0.2, -0.15) is 0 Å². The number of hydrogen-bond acceptors (Lipinski definition) is 2. The molecule has 1 unspecified atom stereocenters. The van der Waals surface area contributed by atoms with Crippen LogP contribution >= 0.6 is 23.2 Å². The fourth-order valence-corrected chi connectivity index (χ4v) is 2.33. The Labute approximate surface area is 117 Å². The van der Waals surface area contributed by atoms with Gasteiger partial charge < -0.3 is 9.73 Å². The molecular weight excluding hydrogens is 269 g/mol. The van der Waals surface area contributed by atoms with Gasteiger partial charge in [-0.1, -0.05) is 23.2 Å². The molecular formula is C14H15Cl2NO. The molecule has 1 heterocycles. The summed E-state index contributed by atoms with van der Waals surface area (Å²) in [6.07, 6.45) is 3.59. The molecule has 18 heavy (non-hydrogen) atoms. The Bertz CT molecular complexity index is 476. The van der Waals surface area contributed by atoms with Gasteiger partial charge in [0.25, 0.3) is 0 Å². The van der Waals surface area contributed by atoms with Crippen molar-refractivity contribution in [2.24, 2.45) is 0 Å². The SMILES string of the molecule is CC(CCc1ccco1)Nc1cc(Cl)cc(Cl)c1. The monoisotopic (exact) mass is 283 g/mol. The first kappa shape index (κ1) is 13.3. The zero-order valence-electron chi connectivity index (χ0n) is 10.1. The molecule has 0 spiro atoms. The lowest BCUT2D eigenvalue weighted by molar-refractivity contribution is 0.495. The van der Waals surface area contributed by atoms with E-state index in [0.717, 1.165) is 24.3 Å². The van der Waals surface area contributed by atoms with Crippen molar-refractivity contribution >= 4 is 28.9 Å². The average molecular weight is 284 g/mol. The molecule has 0 aliphatic carbocycles. The van der Waals surface area contributed by atoms with E-state index in [9.17, 15) is 0 Å². The van der Waals surface area contributed by atoms with Crippen molar-refractivity contribution in [3.05, 3.63) is 52.4 Å². The number of aryl methyl sites for hydroxylation is 1. The molecule has 1 atom stereocenters. The van der Waals surface area contributed by atoms with E-state index < -0.39 is 0 Å². The van der Waals surface area contributed by atoms with Gasteiger partial charge in [0.15, 0.2) is 0 Å². The number of hydrogen-bond donors (Lipinski definition) is 1. The normalized spacial score (nSPS) is 12.4. The van der Waals surface area contributed by atoms with Crippen LogP contribution in [0.4, 0.5) is 5.69 Å². The first-order valence-corrected chi connectivity index (χ1v) is 6.64. The summed E-state index contributed by atoms with van der Waals surface area (Å²) in [5, 5.41) is 4.66. The molecule has 4 heteroatoms. The number of benzene rings is 1. The number of furan rings is 1. The van der Waals surface area contributed by atoms with Gasteiger partial charge >= 0.3 is 0 Å². The van der Waals surface area contributed by atoms with Gasteiger partial charge in [-0.25, -0.2) is 0 Å². The molecule has 96 valence electrons. The number of anilines is 1. The van der Waals surface area contributed by atoms with E-state index in [1.54, 1.807) is 12.3 Å². The first-order valence-electron chi connectivity index (χ1n) is 5.88. The summed E-state index contributed by atoms with van der Waals surface area (Å²) >= 11 is 11.9. The van der Waals surface area contributed by atoms with Gasteiger partial charge in [-0.15, -0.1) is 0 Å². The average Bonchev–Trinajstić information content (AvgIpc) is 2.77. The van der Waals surface area contributed by atoms with Crippen LogP contribution < -0.4 is 5.32 Å². The third-order valence-electron chi connectivity index (χ3n) is 2.68. The Morgan fingerprint density at radius 2 is 1.94 bits per heavy atom. The predicted molar refractivity (Wildman–Crippen MR) is 76.6 cm³/mol. The molecule has 0 saturated heterocycles. The Morgan fingerprint density at radius 1 is 1.22 bits per heavy atom. The van der Waals surface area contributed by atoms with Crippen LogP contribution in [0.25, 0.3) is 0 Å². The lowest BCUT2D eigenvalue weighted by atomic mass is 10.1. The maximum absolute atomic E-state index is 5.95. The van der Waals surface area contributed by atoms with Crippen molar-refractivity contribution in [1.82, 2.24) is 0 Å². The summed E-state index contributed by atoms with van der Waals surface area (Å²) in [5.74, 6) is 1.01. The Hall–Kier alpha value is -1.12. The molecule has 2 aromatic rings. The van der Waals surface area contributed by atoms with Gasteiger partial charge in [0.1, 0.15) is 5.76 Å². The van der Waals surface area contributed by atoms with E-state index in [0.29, 0.717) is 16.1 Å². The predicted octanol–water partition coefficient (Wildman–Crippen LogP) is 5.02. The van der Waals surface area contributed by atoms with Crippen molar-refractivity contribution in [2.75, 3.05) is 5.32 Å². The molecule has 0 fully saturated rings. The van der Waals surface area contributed by atoms with Gasteiger partial charge in [0, 0.05) is 28.2 Å². The number of nitrogens with one attached hydrogen (secondary N) is 1. The van der Waals surface area contributed by atoms with Crippen molar-refractivity contribution in [2.45, 2.75) is 25.8 Å². The number of rotatable bonds is 5. The minimum absolute atomic E-state index is 0.324.